The van der Waals surface area contributed by atoms with Crippen molar-refractivity contribution in [1.29, 1.82) is 0 Å². The first-order valence-electron chi connectivity index (χ1n) is 20.3. The lowest BCUT2D eigenvalue weighted by atomic mass is 9.88. The van der Waals surface area contributed by atoms with E-state index in [0.29, 0.717) is 12.5 Å². The van der Waals surface area contributed by atoms with E-state index in [1.807, 2.05) is 51.5 Å². The number of ether oxygens (including phenoxy) is 1. The van der Waals surface area contributed by atoms with E-state index >= 15 is 0 Å². The Bertz CT molecular complexity index is 2000. The number of aliphatic imine (C=N–C) groups is 1. The van der Waals surface area contributed by atoms with Gasteiger partial charge in [0.25, 0.3) is 0 Å². The van der Waals surface area contributed by atoms with Crippen LogP contribution in [-0.4, -0.2) is 88.5 Å². The highest BCUT2D eigenvalue weighted by atomic mass is 16.5. The number of alkyl carbamates (subject to hydrolysis) is 1. The Morgan fingerprint density at radius 3 is 2.31 bits per heavy atom. The average Bonchev–Trinajstić information content (AvgIpc) is 4.11. The Hall–Kier alpha value is -5.82. The Balaban J connectivity index is 0.000000247. The number of likely N-dealkylation sites (tertiary alicyclic amines) is 1. The quantitative estimate of drug-likeness (QED) is 0.0973. The second kappa shape index (κ2) is 20.0. The third kappa shape index (κ3) is 10.4. The number of aliphatic hydroxyl groups is 1. The highest BCUT2D eigenvalue weighted by Crippen LogP contribution is 2.48. The molecule has 3 fully saturated rings. The van der Waals surface area contributed by atoms with E-state index in [9.17, 15) is 19.5 Å². The number of H-pyrrole nitrogens is 1. The molecule has 3 heterocycles. The number of carbonyl (C=O) groups excluding carboxylic acids is 3. The lowest BCUT2D eigenvalue weighted by Gasteiger charge is -2.29. The van der Waals surface area contributed by atoms with E-state index in [1.165, 1.54) is 26.4 Å². The SMILES string of the molecule is CN/C(=C\N=CC1CCCN1C(=O)C(NC(=O)OC)C(C)C)c1ccc(-c2ccc(-c3cnc[nH]3)cc2)cc1.O=C(NC(CO)c1ccccn1)C1CC2CCC1C2. The summed E-state index contributed by atoms with van der Waals surface area (Å²) in [5.74, 6) is 1.38. The molecule has 2 aromatic carbocycles. The monoisotopic (exact) mass is 788 g/mol. The molecular weight excluding hydrogens is 733 g/mol. The molecule has 2 saturated carbocycles. The second-order valence-corrected chi connectivity index (χ2v) is 15.6. The number of imidazole rings is 1. The van der Waals surface area contributed by atoms with Gasteiger partial charge in [-0.2, -0.15) is 0 Å². The van der Waals surface area contributed by atoms with Crippen LogP contribution in [0.25, 0.3) is 28.1 Å². The van der Waals surface area contributed by atoms with Gasteiger partial charge in [0.15, 0.2) is 0 Å². The smallest absolute Gasteiger partial charge is 0.407 e. The van der Waals surface area contributed by atoms with Crippen LogP contribution >= 0.6 is 0 Å². The number of methoxy groups -OCH3 is 1. The summed E-state index contributed by atoms with van der Waals surface area (Å²) in [6.45, 7) is 4.33. The summed E-state index contributed by atoms with van der Waals surface area (Å²) in [6, 6.07) is 21.1. The highest BCUT2D eigenvalue weighted by Gasteiger charge is 2.43. The van der Waals surface area contributed by atoms with Crippen molar-refractivity contribution in [3.63, 3.8) is 0 Å². The third-order valence-corrected chi connectivity index (χ3v) is 11.5. The summed E-state index contributed by atoms with van der Waals surface area (Å²) in [6.07, 6.45) is 14.6. The number of aromatic amines is 1. The number of aromatic nitrogens is 3. The molecule has 5 N–H and O–H groups in total. The van der Waals surface area contributed by atoms with Crippen molar-refractivity contribution in [3.8, 4) is 22.4 Å². The molecule has 2 aromatic heterocycles. The minimum absolute atomic E-state index is 0.0669. The van der Waals surface area contributed by atoms with Crippen molar-refractivity contribution in [2.24, 2.45) is 28.7 Å². The van der Waals surface area contributed by atoms with Crippen molar-refractivity contribution < 1.29 is 24.2 Å². The first-order chi connectivity index (χ1) is 28.2. The summed E-state index contributed by atoms with van der Waals surface area (Å²) >= 11 is 0. The van der Waals surface area contributed by atoms with Gasteiger partial charge < -0.3 is 35.7 Å². The molecule has 3 aliphatic rings. The first-order valence-corrected chi connectivity index (χ1v) is 20.3. The maximum absolute atomic E-state index is 13.2. The van der Waals surface area contributed by atoms with Crippen molar-refractivity contribution >= 4 is 29.8 Å². The summed E-state index contributed by atoms with van der Waals surface area (Å²) in [5.41, 5.74) is 6.93. The molecule has 1 aliphatic heterocycles. The van der Waals surface area contributed by atoms with Crippen molar-refractivity contribution in [2.45, 2.75) is 70.5 Å². The Labute approximate surface area is 340 Å². The van der Waals surface area contributed by atoms with Crippen LogP contribution in [0.5, 0.6) is 0 Å². The van der Waals surface area contributed by atoms with Gasteiger partial charge in [0.05, 0.1) is 61.6 Å². The maximum Gasteiger partial charge on any atom is 0.407 e. The van der Waals surface area contributed by atoms with Gasteiger partial charge in [-0.05, 0) is 84.2 Å². The number of hydrogen-bond acceptors (Lipinski definition) is 9. The fourth-order valence-electron chi connectivity index (χ4n) is 8.34. The van der Waals surface area contributed by atoms with Gasteiger partial charge in [0.1, 0.15) is 6.04 Å². The molecule has 0 radical (unpaired) electrons. The van der Waals surface area contributed by atoms with Crippen molar-refractivity contribution in [2.75, 3.05) is 27.3 Å². The average molecular weight is 789 g/mol. The number of benzene rings is 2. The molecule has 6 unspecified atom stereocenters. The highest BCUT2D eigenvalue weighted by molar-refractivity contribution is 5.89. The Morgan fingerprint density at radius 2 is 1.72 bits per heavy atom. The topological polar surface area (TPSA) is 174 Å². The molecule has 13 nitrogen and oxygen atoms in total. The van der Waals surface area contributed by atoms with E-state index in [-0.39, 0.29) is 42.3 Å². The minimum Gasteiger partial charge on any atom is -0.453 e. The van der Waals surface area contributed by atoms with Crippen LogP contribution in [0.15, 0.2) is 96.6 Å². The molecule has 6 atom stereocenters. The molecule has 58 heavy (non-hydrogen) atoms. The number of fused-ring (bicyclic) bond motifs is 2. The third-order valence-electron chi connectivity index (χ3n) is 11.5. The predicted octanol–water partition coefficient (Wildman–Crippen LogP) is 6.37. The molecule has 13 heteroatoms. The first kappa shape index (κ1) is 41.8. The van der Waals surface area contributed by atoms with E-state index in [4.69, 9.17) is 4.74 Å². The normalized spacial score (nSPS) is 21.0. The van der Waals surface area contributed by atoms with E-state index < -0.39 is 12.1 Å². The number of aliphatic hydroxyl groups excluding tert-OH is 1. The fourth-order valence-corrected chi connectivity index (χ4v) is 8.34. The van der Waals surface area contributed by atoms with Crippen LogP contribution in [0.3, 0.4) is 0 Å². The van der Waals surface area contributed by atoms with E-state index in [0.717, 1.165) is 64.5 Å². The molecule has 0 spiro atoms. The number of pyridine rings is 1. The largest absolute Gasteiger partial charge is 0.453 e. The lowest BCUT2D eigenvalue weighted by molar-refractivity contribution is -0.134. The Morgan fingerprint density at radius 1 is 0.983 bits per heavy atom. The van der Waals surface area contributed by atoms with Gasteiger partial charge in [-0.15, -0.1) is 0 Å². The molecule has 2 aliphatic carbocycles. The number of hydrogen-bond donors (Lipinski definition) is 5. The van der Waals surface area contributed by atoms with Crippen molar-refractivity contribution in [1.82, 2.24) is 35.8 Å². The van der Waals surface area contributed by atoms with Gasteiger partial charge in [-0.1, -0.05) is 74.9 Å². The lowest BCUT2D eigenvalue weighted by Crippen LogP contribution is -2.52. The van der Waals surface area contributed by atoms with Crippen LogP contribution < -0.4 is 16.0 Å². The number of nitrogens with zero attached hydrogens (tertiary/aromatic N) is 4. The van der Waals surface area contributed by atoms with Gasteiger partial charge in [-0.25, -0.2) is 9.78 Å². The summed E-state index contributed by atoms with van der Waals surface area (Å²) in [4.78, 5) is 55.1. The van der Waals surface area contributed by atoms with E-state index in [2.05, 4.69) is 84.4 Å². The molecule has 2 bridgehead atoms. The summed E-state index contributed by atoms with van der Waals surface area (Å²) in [7, 11) is 3.16. The van der Waals surface area contributed by atoms with Crippen LogP contribution in [0, 0.1) is 23.7 Å². The zero-order valence-electron chi connectivity index (χ0n) is 33.8. The van der Waals surface area contributed by atoms with Gasteiger partial charge in [-0.3, -0.25) is 19.6 Å². The maximum atomic E-state index is 13.2. The standard InChI is InChI=1S/C30H36N6O3.C15H20N2O2/c1-20(2)28(35-30(38)39-4)29(37)36-15-5-6-25(36)16-32-17-26(31-3)23-11-7-21(8-12-23)22-9-13-24(14-10-22)27-18-33-19-34-27;18-9-14(13-3-1-2-6-16-13)17-15(19)12-8-10-4-5-11(12)7-10/h7-14,16-20,25,28,31H,5-6,15H2,1-4H3,(H,33,34)(H,35,38);1-3,6,10-12,14,18H,4-5,7-9H2,(H,17,19)/b26-17-,32-16?;. The van der Waals surface area contributed by atoms with Crippen LogP contribution in [0.1, 0.15) is 69.7 Å². The fraction of sp³-hybridized carbons (Fsp3) is 0.422. The number of amides is 3. The summed E-state index contributed by atoms with van der Waals surface area (Å²) in [5, 5.41) is 18.3. The number of nitrogens with one attached hydrogen (secondary N) is 4. The summed E-state index contributed by atoms with van der Waals surface area (Å²) < 4.78 is 4.70. The molecular formula is C45H56N8O5. The molecule has 1 saturated heterocycles. The zero-order chi connectivity index (χ0) is 41.0. The molecule has 306 valence electrons. The van der Waals surface area contributed by atoms with Crippen LogP contribution in [0.2, 0.25) is 0 Å². The molecule has 3 amide bonds. The number of carbonyl (C=O) groups is 3. The van der Waals surface area contributed by atoms with Crippen LogP contribution in [0.4, 0.5) is 4.79 Å². The number of rotatable bonds is 13. The minimum atomic E-state index is -0.643. The van der Waals surface area contributed by atoms with Gasteiger partial charge in [0, 0.05) is 31.9 Å². The Kier molecular flexibility index (Phi) is 14.4. The predicted molar refractivity (Wildman–Crippen MR) is 225 cm³/mol. The molecule has 4 aromatic rings. The van der Waals surface area contributed by atoms with Gasteiger partial charge >= 0.3 is 6.09 Å². The van der Waals surface area contributed by atoms with E-state index in [1.54, 1.807) is 23.6 Å². The van der Waals surface area contributed by atoms with Crippen molar-refractivity contribution in [3.05, 3.63) is 103 Å². The van der Waals surface area contributed by atoms with Gasteiger partial charge in [0.2, 0.25) is 11.8 Å². The zero-order valence-corrected chi connectivity index (χ0v) is 33.8. The van der Waals surface area contributed by atoms with Crippen LogP contribution in [-0.2, 0) is 14.3 Å². The molecule has 7 rings (SSSR count). The second-order valence-electron chi connectivity index (χ2n) is 15.6.